The van der Waals surface area contributed by atoms with E-state index in [2.05, 4.69) is 0 Å². The molecule has 1 aromatic rings. The van der Waals surface area contributed by atoms with Crippen LogP contribution in [-0.2, 0) is 4.79 Å². The van der Waals surface area contributed by atoms with Crippen molar-refractivity contribution >= 4 is 6.29 Å². The molecule has 0 N–H and O–H groups in total. The molecule has 1 rings (SSSR count). The van der Waals surface area contributed by atoms with Crippen LogP contribution in [0, 0.1) is 19.7 Å². The number of hydrogen-bond acceptors (Lipinski definition) is 1. The summed E-state index contributed by atoms with van der Waals surface area (Å²) in [6.45, 7) is 5.21. The standard InChI is InChI=1S/C8H9F.C2H4O/c1-6-3-7(2)5-8(9)4-6;1-2-3/h3-5H,1-2H3;2H,1H3. The van der Waals surface area contributed by atoms with Crippen molar-refractivity contribution in [1.29, 1.82) is 0 Å². The predicted molar refractivity (Wildman–Crippen MR) is 47.6 cm³/mol. The third kappa shape index (κ3) is 4.61. The van der Waals surface area contributed by atoms with Crippen molar-refractivity contribution in [3.63, 3.8) is 0 Å². The predicted octanol–water partition coefficient (Wildman–Crippen LogP) is 2.65. The fourth-order valence-electron chi connectivity index (χ4n) is 0.919. The number of aryl methyl sites for hydroxylation is 2. The van der Waals surface area contributed by atoms with E-state index < -0.39 is 0 Å². The Morgan fingerprint density at radius 3 is 1.75 bits per heavy atom. The van der Waals surface area contributed by atoms with Crippen molar-refractivity contribution < 1.29 is 9.18 Å². The maximum atomic E-state index is 12.4. The number of carbonyl (C=O) groups excluding carboxylic acids is 1. The Kier molecular flexibility index (Phi) is 4.93. The molecule has 0 saturated carbocycles. The number of benzene rings is 1. The fourth-order valence-corrected chi connectivity index (χ4v) is 0.919. The molecule has 1 nitrogen and oxygen atoms in total. The molecule has 1 aromatic carbocycles. The summed E-state index contributed by atoms with van der Waals surface area (Å²) in [6.07, 6.45) is 0.750. The summed E-state index contributed by atoms with van der Waals surface area (Å²) in [6, 6.07) is 4.99. The molecule has 0 heterocycles. The molecular formula is C10H13FO. The van der Waals surface area contributed by atoms with Gasteiger partial charge in [-0.3, -0.25) is 0 Å². The summed E-state index contributed by atoms with van der Waals surface area (Å²) < 4.78 is 12.4. The first kappa shape index (κ1) is 10.8. The highest BCUT2D eigenvalue weighted by Gasteiger charge is 1.90. The minimum atomic E-state index is -0.146. The first-order chi connectivity index (χ1) is 5.60. The summed E-state index contributed by atoms with van der Waals surface area (Å²) >= 11 is 0. The second kappa shape index (κ2) is 5.47. The molecule has 0 radical (unpaired) electrons. The highest BCUT2D eigenvalue weighted by molar-refractivity contribution is 5.44. The van der Waals surface area contributed by atoms with Gasteiger partial charge in [0.2, 0.25) is 0 Å². The summed E-state index contributed by atoms with van der Waals surface area (Å²) in [5, 5.41) is 0. The number of hydrogen-bond donors (Lipinski definition) is 0. The fraction of sp³-hybridized carbons (Fsp3) is 0.300. The highest BCUT2D eigenvalue weighted by atomic mass is 19.1. The van der Waals surface area contributed by atoms with Gasteiger partial charge in [-0.05, 0) is 44.0 Å². The molecule has 2 heteroatoms. The topological polar surface area (TPSA) is 17.1 Å². The van der Waals surface area contributed by atoms with Crippen LogP contribution in [0.4, 0.5) is 4.39 Å². The van der Waals surface area contributed by atoms with Crippen LogP contribution in [0.2, 0.25) is 0 Å². The van der Waals surface area contributed by atoms with Crippen LogP contribution in [0.5, 0.6) is 0 Å². The van der Waals surface area contributed by atoms with Crippen molar-refractivity contribution in [3.05, 3.63) is 35.1 Å². The quantitative estimate of drug-likeness (QED) is 0.544. The third-order valence-corrected chi connectivity index (χ3v) is 1.19. The number of carbonyl (C=O) groups is 1. The molecule has 0 aromatic heterocycles. The van der Waals surface area contributed by atoms with E-state index in [9.17, 15) is 4.39 Å². The Balaban J connectivity index is 0.000000354. The lowest BCUT2D eigenvalue weighted by atomic mass is 10.2. The van der Waals surface area contributed by atoms with Gasteiger partial charge in [-0.1, -0.05) is 6.07 Å². The largest absolute Gasteiger partial charge is 0.304 e. The van der Waals surface area contributed by atoms with E-state index in [1.165, 1.54) is 19.1 Å². The Morgan fingerprint density at radius 2 is 1.50 bits per heavy atom. The average molecular weight is 168 g/mol. The molecule has 0 spiro atoms. The highest BCUT2D eigenvalue weighted by Crippen LogP contribution is 2.05. The van der Waals surface area contributed by atoms with E-state index in [4.69, 9.17) is 4.79 Å². The lowest BCUT2D eigenvalue weighted by Crippen LogP contribution is -1.79. The van der Waals surface area contributed by atoms with Gasteiger partial charge in [0.15, 0.2) is 0 Å². The lowest BCUT2D eigenvalue weighted by Gasteiger charge is -1.94. The minimum absolute atomic E-state index is 0.146. The number of rotatable bonds is 0. The molecule has 0 atom stereocenters. The van der Waals surface area contributed by atoms with Gasteiger partial charge in [-0.2, -0.15) is 0 Å². The Labute approximate surface area is 72.2 Å². The zero-order chi connectivity index (χ0) is 9.56. The minimum Gasteiger partial charge on any atom is -0.304 e. The molecule has 12 heavy (non-hydrogen) atoms. The molecular weight excluding hydrogens is 155 g/mol. The average Bonchev–Trinajstić information content (AvgIpc) is 1.84. The van der Waals surface area contributed by atoms with Gasteiger partial charge in [0.05, 0.1) is 0 Å². The van der Waals surface area contributed by atoms with Gasteiger partial charge in [0, 0.05) is 0 Å². The SMILES string of the molecule is CC=O.Cc1cc(C)cc(F)c1. The molecule has 0 bridgehead atoms. The smallest absolute Gasteiger partial charge is 0.123 e. The monoisotopic (exact) mass is 168 g/mol. The third-order valence-electron chi connectivity index (χ3n) is 1.19. The maximum Gasteiger partial charge on any atom is 0.123 e. The zero-order valence-corrected chi connectivity index (χ0v) is 7.60. The molecule has 0 aliphatic rings. The van der Waals surface area contributed by atoms with E-state index in [1.54, 1.807) is 0 Å². The Hall–Kier alpha value is -1.18. The summed E-state index contributed by atoms with van der Waals surface area (Å²) in [5.74, 6) is -0.146. The number of halogens is 1. The summed E-state index contributed by atoms with van der Waals surface area (Å²) in [7, 11) is 0. The van der Waals surface area contributed by atoms with Gasteiger partial charge >= 0.3 is 0 Å². The van der Waals surface area contributed by atoms with Crippen molar-refractivity contribution in [2.75, 3.05) is 0 Å². The summed E-state index contributed by atoms with van der Waals surface area (Å²) in [4.78, 5) is 8.81. The van der Waals surface area contributed by atoms with Crippen LogP contribution >= 0.6 is 0 Å². The molecule has 0 unspecified atom stereocenters. The van der Waals surface area contributed by atoms with Gasteiger partial charge in [-0.25, -0.2) is 4.39 Å². The number of aldehydes is 1. The van der Waals surface area contributed by atoms with Crippen LogP contribution < -0.4 is 0 Å². The van der Waals surface area contributed by atoms with Crippen LogP contribution in [0.1, 0.15) is 18.1 Å². The van der Waals surface area contributed by atoms with Crippen molar-refractivity contribution in [2.24, 2.45) is 0 Å². The molecule has 0 aliphatic carbocycles. The van der Waals surface area contributed by atoms with E-state index in [-0.39, 0.29) is 5.82 Å². The zero-order valence-electron chi connectivity index (χ0n) is 7.60. The van der Waals surface area contributed by atoms with Crippen molar-refractivity contribution in [3.8, 4) is 0 Å². The van der Waals surface area contributed by atoms with E-state index in [1.807, 2.05) is 19.9 Å². The maximum absolute atomic E-state index is 12.4. The first-order valence-corrected chi connectivity index (χ1v) is 3.73. The second-order valence-corrected chi connectivity index (χ2v) is 2.54. The van der Waals surface area contributed by atoms with Gasteiger partial charge in [-0.15, -0.1) is 0 Å². The van der Waals surface area contributed by atoms with E-state index >= 15 is 0 Å². The van der Waals surface area contributed by atoms with Crippen LogP contribution in [0.3, 0.4) is 0 Å². The molecule has 0 fully saturated rings. The molecule has 0 saturated heterocycles. The van der Waals surface area contributed by atoms with Crippen LogP contribution in [-0.4, -0.2) is 6.29 Å². The van der Waals surface area contributed by atoms with Crippen LogP contribution in [0.15, 0.2) is 18.2 Å². The van der Waals surface area contributed by atoms with Crippen LogP contribution in [0.25, 0.3) is 0 Å². The van der Waals surface area contributed by atoms with E-state index in [0.29, 0.717) is 0 Å². The van der Waals surface area contributed by atoms with Crippen molar-refractivity contribution in [1.82, 2.24) is 0 Å². The lowest BCUT2D eigenvalue weighted by molar-refractivity contribution is -0.106. The Bertz CT molecular complexity index is 206. The molecule has 66 valence electrons. The second-order valence-electron chi connectivity index (χ2n) is 2.54. The first-order valence-electron chi connectivity index (χ1n) is 3.73. The normalized spacial score (nSPS) is 8.33. The van der Waals surface area contributed by atoms with Gasteiger partial charge in [0.25, 0.3) is 0 Å². The molecule has 0 aliphatic heterocycles. The van der Waals surface area contributed by atoms with Gasteiger partial charge in [0.1, 0.15) is 12.1 Å². The summed E-state index contributed by atoms with van der Waals surface area (Å²) in [5.41, 5.74) is 1.96. The van der Waals surface area contributed by atoms with E-state index in [0.717, 1.165) is 17.4 Å². The van der Waals surface area contributed by atoms with Gasteiger partial charge < -0.3 is 4.79 Å². The van der Waals surface area contributed by atoms with Crippen molar-refractivity contribution in [2.45, 2.75) is 20.8 Å². The Morgan fingerprint density at radius 1 is 1.17 bits per heavy atom. The molecule has 0 amide bonds.